The average Bonchev–Trinajstić information content (AvgIpc) is 2.00. The number of aromatic nitrogens is 2. The first-order valence-electron chi connectivity index (χ1n) is 3.78. The molecule has 0 saturated carbocycles. The van der Waals surface area contributed by atoms with Gasteiger partial charge in [0.25, 0.3) is 5.56 Å². The number of hydrogen-bond acceptors (Lipinski definition) is 2. The molecule has 0 spiro atoms. The summed E-state index contributed by atoms with van der Waals surface area (Å²) in [7, 11) is 0. The average molecular weight is 231 g/mol. The van der Waals surface area contributed by atoms with Crippen molar-refractivity contribution < 1.29 is 0 Å². The molecule has 1 heterocycles. The van der Waals surface area contributed by atoms with Crippen LogP contribution in [0.25, 0.3) is 0 Å². The first-order chi connectivity index (χ1) is 5.54. The Morgan fingerprint density at radius 3 is 2.67 bits per heavy atom. The van der Waals surface area contributed by atoms with Crippen molar-refractivity contribution in [1.29, 1.82) is 0 Å². The van der Waals surface area contributed by atoms with Gasteiger partial charge in [0, 0.05) is 0 Å². The van der Waals surface area contributed by atoms with Crippen LogP contribution in [-0.2, 0) is 0 Å². The SMILES string of the molecule is Cc1cnn(C(C)C)c(=O)c1Br. The molecule has 0 unspecified atom stereocenters. The third kappa shape index (κ3) is 1.58. The lowest BCUT2D eigenvalue weighted by atomic mass is 10.3. The first-order valence-corrected chi connectivity index (χ1v) is 4.57. The van der Waals surface area contributed by atoms with Crippen molar-refractivity contribution in [3.05, 3.63) is 26.6 Å². The summed E-state index contributed by atoms with van der Waals surface area (Å²) in [5, 5.41) is 4.01. The van der Waals surface area contributed by atoms with Crippen LogP contribution < -0.4 is 5.56 Å². The lowest BCUT2D eigenvalue weighted by Gasteiger charge is -2.08. The number of hydrogen-bond donors (Lipinski definition) is 0. The maximum Gasteiger partial charge on any atom is 0.281 e. The summed E-state index contributed by atoms with van der Waals surface area (Å²) < 4.78 is 2.06. The number of rotatable bonds is 1. The second kappa shape index (κ2) is 3.39. The fourth-order valence-corrected chi connectivity index (χ4v) is 1.18. The number of nitrogens with zero attached hydrogens (tertiary/aromatic N) is 2. The minimum atomic E-state index is -0.0648. The van der Waals surface area contributed by atoms with E-state index in [-0.39, 0.29) is 11.6 Å². The number of halogens is 1. The minimum absolute atomic E-state index is 0.0648. The minimum Gasteiger partial charge on any atom is -0.266 e. The molecular weight excluding hydrogens is 220 g/mol. The van der Waals surface area contributed by atoms with Gasteiger partial charge in [-0.1, -0.05) is 0 Å². The summed E-state index contributed by atoms with van der Waals surface area (Å²) in [6, 6.07) is 0.106. The van der Waals surface area contributed by atoms with Gasteiger partial charge in [0.1, 0.15) is 0 Å². The maximum atomic E-state index is 11.5. The molecule has 0 amide bonds. The van der Waals surface area contributed by atoms with Crippen molar-refractivity contribution in [1.82, 2.24) is 9.78 Å². The standard InChI is InChI=1S/C8H11BrN2O/c1-5(2)11-8(12)7(9)6(3)4-10-11/h4-5H,1-3H3. The van der Waals surface area contributed by atoms with Crippen molar-refractivity contribution in [3.8, 4) is 0 Å². The molecule has 0 aliphatic rings. The second-order valence-electron chi connectivity index (χ2n) is 2.99. The van der Waals surface area contributed by atoms with Gasteiger partial charge in [-0.05, 0) is 42.3 Å². The van der Waals surface area contributed by atoms with Gasteiger partial charge in [-0.3, -0.25) is 4.79 Å². The molecule has 1 aromatic rings. The summed E-state index contributed by atoms with van der Waals surface area (Å²) in [5.41, 5.74) is 0.807. The Morgan fingerprint density at radius 2 is 2.17 bits per heavy atom. The Hall–Kier alpha value is -0.640. The molecule has 0 aliphatic heterocycles. The third-order valence-corrected chi connectivity index (χ3v) is 2.57. The molecule has 0 aromatic carbocycles. The highest BCUT2D eigenvalue weighted by atomic mass is 79.9. The van der Waals surface area contributed by atoms with Crippen LogP contribution in [0.15, 0.2) is 15.5 Å². The van der Waals surface area contributed by atoms with Gasteiger partial charge in [-0.25, -0.2) is 4.68 Å². The Balaban J connectivity index is 3.37. The van der Waals surface area contributed by atoms with E-state index < -0.39 is 0 Å². The summed E-state index contributed by atoms with van der Waals surface area (Å²) >= 11 is 3.22. The van der Waals surface area contributed by atoms with Crippen LogP contribution in [0.1, 0.15) is 25.5 Å². The highest BCUT2D eigenvalue weighted by Gasteiger charge is 2.06. The molecule has 0 saturated heterocycles. The van der Waals surface area contributed by atoms with Crippen molar-refractivity contribution in [2.45, 2.75) is 26.8 Å². The Labute approximate surface area is 79.5 Å². The molecular formula is C8H11BrN2O. The highest BCUT2D eigenvalue weighted by molar-refractivity contribution is 9.10. The third-order valence-electron chi connectivity index (χ3n) is 1.61. The zero-order valence-electron chi connectivity index (χ0n) is 7.34. The van der Waals surface area contributed by atoms with E-state index in [4.69, 9.17) is 0 Å². The van der Waals surface area contributed by atoms with Crippen LogP contribution in [0.4, 0.5) is 0 Å². The van der Waals surface area contributed by atoms with Crippen LogP contribution in [0, 0.1) is 6.92 Å². The van der Waals surface area contributed by atoms with Crippen molar-refractivity contribution in [3.63, 3.8) is 0 Å². The van der Waals surface area contributed by atoms with Gasteiger partial charge >= 0.3 is 0 Å². The molecule has 66 valence electrons. The molecule has 0 radical (unpaired) electrons. The fourth-order valence-electron chi connectivity index (χ4n) is 0.895. The zero-order valence-corrected chi connectivity index (χ0v) is 8.92. The van der Waals surface area contributed by atoms with Gasteiger partial charge in [-0.2, -0.15) is 5.10 Å². The summed E-state index contributed by atoms with van der Waals surface area (Å²) in [5.74, 6) is 0. The van der Waals surface area contributed by atoms with E-state index in [2.05, 4.69) is 21.0 Å². The zero-order chi connectivity index (χ0) is 9.30. The van der Waals surface area contributed by atoms with Crippen molar-refractivity contribution in [2.24, 2.45) is 0 Å². The Kier molecular flexibility index (Phi) is 2.67. The second-order valence-corrected chi connectivity index (χ2v) is 3.78. The van der Waals surface area contributed by atoms with Crippen LogP contribution >= 0.6 is 15.9 Å². The predicted octanol–water partition coefficient (Wildman–Crippen LogP) is 1.90. The van der Waals surface area contributed by atoms with Gasteiger partial charge in [0.2, 0.25) is 0 Å². The molecule has 0 aliphatic carbocycles. The molecule has 12 heavy (non-hydrogen) atoms. The topological polar surface area (TPSA) is 34.9 Å². The first kappa shape index (κ1) is 9.45. The van der Waals surface area contributed by atoms with E-state index in [1.807, 2.05) is 20.8 Å². The van der Waals surface area contributed by atoms with Crippen LogP contribution in [0.3, 0.4) is 0 Å². The molecule has 0 N–H and O–H groups in total. The molecule has 4 heteroatoms. The normalized spacial score (nSPS) is 10.8. The largest absolute Gasteiger partial charge is 0.281 e. The maximum absolute atomic E-state index is 11.5. The van der Waals surface area contributed by atoms with E-state index in [0.717, 1.165) is 5.56 Å². The van der Waals surface area contributed by atoms with Crippen molar-refractivity contribution >= 4 is 15.9 Å². The highest BCUT2D eigenvalue weighted by Crippen LogP contribution is 2.09. The van der Waals surface area contributed by atoms with Gasteiger partial charge < -0.3 is 0 Å². The van der Waals surface area contributed by atoms with Gasteiger partial charge in [-0.15, -0.1) is 0 Å². The van der Waals surface area contributed by atoms with E-state index in [0.29, 0.717) is 4.47 Å². The molecule has 1 aromatic heterocycles. The lowest BCUT2D eigenvalue weighted by Crippen LogP contribution is -2.25. The van der Waals surface area contributed by atoms with Gasteiger partial charge in [0.15, 0.2) is 0 Å². The summed E-state index contributed by atoms with van der Waals surface area (Å²) in [4.78, 5) is 11.5. The molecule has 0 atom stereocenters. The summed E-state index contributed by atoms with van der Waals surface area (Å²) in [6.07, 6.45) is 1.69. The fraction of sp³-hybridized carbons (Fsp3) is 0.500. The Bertz CT molecular complexity index is 343. The lowest BCUT2D eigenvalue weighted by molar-refractivity contribution is 0.499. The van der Waals surface area contributed by atoms with E-state index in [1.54, 1.807) is 6.20 Å². The summed E-state index contributed by atoms with van der Waals surface area (Å²) in [6.45, 7) is 5.70. The monoisotopic (exact) mass is 230 g/mol. The van der Waals surface area contributed by atoms with E-state index in [9.17, 15) is 4.79 Å². The Morgan fingerprint density at radius 1 is 1.58 bits per heavy atom. The van der Waals surface area contributed by atoms with Crippen LogP contribution in [0.2, 0.25) is 0 Å². The smallest absolute Gasteiger partial charge is 0.266 e. The molecule has 0 fully saturated rings. The van der Waals surface area contributed by atoms with E-state index in [1.165, 1.54) is 4.68 Å². The van der Waals surface area contributed by atoms with Crippen molar-refractivity contribution in [2.75, 3.05) is 0 Å². The van der Waals surface area contributed by atoms with Gasteiger partial charge in [0.05, 0.1) is 16.7 Å². The van der Waals surface area contributed by atoms with E-state index >= 15 is 0 Å². The predicted molar refractivity (Wildman–Crippen MR) is 51.3 cm³/mol. The quantitative estimate of drug-likeness (QED) is 0.739. The molecule has 3 nitrogen and oxygen atoms in total. The van der Waals surface area contributed by atoms with Crippen LogP contribution in [-0.4, -0.2) is 9.78 Å². The van der Waals surface area contributed by atoms with Crippen LogP contribution in [0.5, 0.6) is 0 Å². The molecule has 1 rings (SSSR count). The molecule has 0 bridgehead atoms. The number of aryl methyl sites for hydroxylation is 1.